The van der Waals surface area contributed by atoms with Crippen molar-refractivity contribution in [3.63, 3.8) is 0 Å². The van der Waals surface area contributed by atoms with Crippen LogP contribution in [0.1, 0.15) is 0 Å². The van der Waals surface area contributed by atoms with Crippen LogP contribution in [0.3, 0.4) is 0 Å². The number of alkyl halides is 3. The van der Waals surface area contributed by atoms with E-state index in [4.69, 9.17) is 8.92 Å². The molecule has 0 aliphatic heterocycles. The monoisotopic (exact) mass is 425 g/mol. The normalized spacial score (nSPS) is 11.9. The Morgan fingerprint density at radius 3 is 2.57 bits per heavy atom. The summed E-state index contributed by atoms with van der Waals surface area (Å²) in [4.78, 5) is 21.7. The van der Waals surface area contributed by atoms with E-state index in [0.717, 1.165) is 11.3 Å². The number of fused-ring (bicyclic) bond motifs is 3. The van der Waals surface area contributed by atoms with Gasteiger partial charge < -0.3 is 8.92 Å². The lowest BCUT2D eigenvalue weighted by Gasteiger charge is -2.08. The predicted molar refractivity (Wildman–Crippen MR) is 101 cm³/mol. The van der Waals surface area contributed by atoms with E-state index in [0.29, 0.717) is 16.3 Å². The van der Waals surface area contributed by atoms with Gasteiger partial charge in [0.25, 0.3) is 5.56 Å². The average molecular weight is 425 g/mol. The lowest BCUT2D eigenvalue weighted by molar-refractivity contribution is -0.0369. The van der Waals surface area contributed by atoms with Crippen molar-refractivity contribution in [3.05, 3.63) is 53.2 Å². The van der Waals surface area contributed by atoms with E-state index < -0.39 is 17.6 Å². The van der Waals surface area contributed by atoms with Gasteiger partial charge in [-0.3, -0.25) is 9.36 Å². The standard InChI is InChI=1S/C17H10F3N3O3S2/c1-25-10-4-2-9(3-5-10)23-8-22-13-12-11(26-28-17(18,19)20)6-7-21-15(12)27-14(13)16(23)24/h2-8H,1H3. The van der Waals surface area contributed by atoms with Gasteiger partial charge in [0, 0.05) is 12.3 Å². The summed E-state index contributed by atoms with van der Waals surface area (Å²) in [7, 11) is 1.54. The van der Waals surface area contributed by atoms with E-state index in [-0.39, 0.29) is 26.9 Å². The quantitative estimate of drug-likeness (QED) is 0.447. The zero-order valence-electron chi connectivity index (χ0n) is 14.1. The molecule has 3 heterocycles. The molecule has 0 N–H and O–H groups in total. The highest BCUT2D eigenvalue weighted by molar-refractivity contribution is 7.95. The summed E-state index contributed by atoms with van der Waals surface area (Å²) in [6.07, 6.45) is 2.65. The minimum Gasteiger partial charge on any atom is -0.497 e. The summed E-state index contributed by atoms with van der Waals surface area (Å²) in [5, 5.41) is 0.276. The highest BCUT2D eigenvalue weighted by Gasteiger charge is 2.32. The lowest BCUT2D eigenvalue weighted by Crippen LogP contribution is -2.17. The number of ether oxygens (including phenoxy) is 1. The first-order chi connectivity index (χ1) is 13.4. The molecule has 0 atom stereocenters. The Hall–Kier alpha value is -2.79. The fourth-order valence-corrected chi connectivity index (χ4v) is 3.98. The largest absolute Gasteiger partial charge is 0.497 e. The molecule has 4 rings (SSSR count). The Morgan fingerprint density at radius 1 is 1.14 bits per heavy atom. The molecule has 0 spiro atoms. The zero-order valence-corrected chi connectivity index (χ0v) is 15.7. The Labute approximate surface area is 163 Å². The van der Waals surface area contributed by atoms with Gasteiger partial charge >= 0.3 is 5.51 Å². The van der Waals surface area contributed by atoms with E-state index in [2.05, 4.69) is 9.97 Å². The summed E-state index contributed by atoms with van der Waals surface area (Å²) in [6.45, 7) is 0. The van der Waals surface area contributed by atoms with Crippen molar-refractivity contribution in [1.29, 1.82) is 0 Å². The second kappa shape index (κ2) is 6.99. The number of methoxy groups -OCH3 is 1. The Balaban J connectivity index is 1.85. The summed E-state index contributed by atoms with van der Waals surface area (Å²) in [5.41, 5.74) is -4.08. The molecule has 0 amide bonds. The smallest absolute Gasteiger partial charge is 0.479 e. The molecule has 6 nitrogen and oxygen atoms in total. The van der Waals surface area contributed by atoms with Gasteiger partial charge in [-0.05, 0) is 24.3 Å². The average Bonchev–Trinajstić information content (AvgIpc) is 3.06. The van der Waals surface area contributed by atoms with Crippen molar-refractivity contribution in [3.8, 4) is 17.2 Å². The number of benzene rings is 1. The second-order valence-corrected chi connectivity index (χ2v) is 7.29. The number of thiophene rings is 1. The predicted octanol–water partition coefficient (Wildman–Crippen LogP) is 4.55. The topological polar surface area (TPSA) is 66.2 Å². The van der Waals surface area contributed by atoms with Gasteiger partial charge in [0.05, 0.1) is 18.2 Å². The number of hydrogen-bond acceptors (Lipinski definition) is 7. The van der Waals surface area contributed by atoms with Crippen molar-refractivity contribution >= 4 is 43.8 Å². The van der Waals surface area contributed by atoms with Crippen LogP contribution < -0.4 is 14.5 Å². The van der Waals surface area contributed by atoms with Crippen LogP contribution in [0.2, 0.25) is 0 Å². The van der Waals surface area contributed by atoms with Gasteiger partial charge in [-0.25, -0.2) is 9.97 Å². The fraction of sp³-hybridized carbons (Fsp3) is 0.118. The molecule has 144 valence electrons. The number of halogens is 3. The van der Waals surface area contributed by atoms with E-state index in [9.17, 15) is 18.0 Å². The Bertz CT molecular complexity index is 1220. The van der Waals surface area contributed by atoms with Crippen LogP contribution in [-0.2, 0) is 0 Å². The lowest BCUT2D eigenvalue weighted by atomic mass is 10.2. The maximum atomic E-state index is 12.9. The summed E-state index contributed by atoms with van der Waals surface area (Å²) < 4.78 is 49.0. The molecule has 3 aromatic heterocycles. The summed E-state index contributed by atoms with van der Waals surface area (Å²) >= 11 is 0.425. The third-order valence-corrected chi connectivity index (χ3v) is 5.35. The number of nitrogens with zero attached hydrogens (tertiary/aromatic N) is 3. The van der Waals surface area contributed by atoms with E-state index in [1.807, 2.05) is 0 Å². The minimum atomic E-state index is -4.56. The van der Waals surface area contributed by atoms with Gasteiger partial charge in [0.15, 0.2) is 17.8 Å². The third-order valence-electron chi connectivity index (χ3n) is 3.82. The molecule has 0 saturated heterocycles. The highest BCUT2D eigenvalue weighted by atomic mass is 32.2. The molecule has 0 saturated carbocycles. The molecule has 1 aromatic carbocycles. The van der Waals surface area contributed by atoms with Crippen LogP contribution in [0, 0.1) is 0 Å². The van der Waals surface area contributed by atoms with Gasteiger partial charge in [-0.2, -0.15) is 13.2 Å². The fourth-order valence-electron chi connectivity index (χ4n) is 2.61. The number of rotatable bonds is 4. The molecular weight excluding hydrogens is 415 g/mol. The molecule has 0 bridgehead atoms. The van der Waals surface area contributed by atoms with Crippen LogP contribution in [-0.4, -0.2) is 27.2 Å². The zero-order chi connectivity index (χ0) is 19.9. The van der Waals surface area contributed by atoms with Crippen LogP contribution in [0.15, 0.2) is 47.7 Å². The molecular formula is C17H10F3N3O3S2. The van der Waals surface area contributed by atoms with Crippen molar-refractivity contribution in [1.82, 2.24) is 14.5 Å². The van der Waals surface area contributed by atoms with E-state index in [1.54, 1.807) is 24.3 Å². The Morgan fingerprint density at radius 2 is 1.89 bits per heavy atom. The van der Waals surface area contributed by atoms with Gasteiger partial charge in [0.2, 0.25) is 0 Å². The summed E-state index contributed by atoms with van der Waals surface area (Å²) in [5.74, 6) is 0.591. The second-order valence-electron chi connectivity index (χ2n) is 5.50. The number of pyridine rings is 1. The first kappa shape index (κ1) is 18.6. The molecule has 0 aliphatic rings. The minimum absolute atomic E-state index is 0.0485. The molecule has 0 radical (unpaired) electrons. The molecule has 11 heteroatoms. The Kier molecular flexibility index (Phi) is 4.63. The van der Waals surface area contributed by atoms with Gasteiger partial charge in [-0.1, -0.05) is 0 Å². The van der Waals surface area contributed by atoms with Crippen LogP contribution in [0.5, 0.6) is 11.5 Å². The highest BCUT2D eigenvalue weighted by Crippen LogP contribution is 2.39. The molecule has 0 aliphatic carbocycles. The molecule has 0 unspecified atom stereocenters. The summed E-state index contributed by atoms with van der Waals surface area (Å²) in [6, 6.07) is 8.13. The molecule has 28 heavy (non-hydrogen) atoms. The van der Waals surface area contributed by atoms with E-state index >= 15 is 0 Å². The van der Waals surface area contributed by atoms with Crippen LogP contribution in [0.4, 0.5) is 13.2 Å². The SMILES string of the molecule is COc1ccc(-n2cnc3c(sc4nccc(OSC(F)(F)F)c43)c2=O)cc1. The number of hydrogen-bond donors (Lipinski definition) is 0. The maximum absolute atomic E-state index is 12.9. The van der Waals surface area contributed by atoms with E-state index in [1.165, 1.54) is 30.3 Å². The van der Waals surface area contributed by atoms with Crippen molar-refractivity contribution in [2.75, 3.05) is 7.11 Å². The van der Waals surface area contributed by atoms with Crippen LogP contribution >= 0.6 is 23.4 Å². The van der Waals surface area contributed by atoms with Gasteiger partial charge in [-0.15, -0.1) is 11.3 Å². The first-order valence-electron chi connectivity index (χ1n) is 7.73. The van der Waals surface area contributed by atoms with Crippen molar-refractivity contribution in [2.24, 2.45) is 0 Å². The third kappa shape index (κ3) is 3.38. The molecule has 0 fully saturated rings. The maximum Gasteiger partial charge on any atom is 0.479 e. The van der Waals surface area contributed by atoms with Crippen LogP contribution in [0.25, 0.3) is 26.1 Å². The first-order valence-corrected chi connectivity index (χ1v) is 9.29. The van der Waals surface area contributed by atoms with Crippen molar-refractivity contribution in [2.45, 2.75) is 5.51 Å². The molecule has 4 aromatic rings. The number of aromatic nitrogens is 3. The van der Waals surface area contributed by atoms with Crippen molar-refractivity contribution < 1.29 is 22.1 Å². The van der Waals surface area contributed by atoms with Gasteiger partial charge in [0.1, 0.15) is 27.1 Å².